The normalized spacial score (nSPS) is 15.6. The summed E-state index contributed by atoms with van der Waals surface area (Å²) >= 11 is 0. The number of alkyl carbamates (subject to hydrolysis) is 2. The van der Waals surface area contributed by atoms with Gasteiger partial charge >= 0.3 is 12.2 Å². The van der Waals surface area contributed by atoms with Crippen LogP contribution in [0.1, 0.15) is 58.6 Å². The van der Waals surface area contributed by atoms with Gasteiger partial charge in [0.1, 0.15) is 12.1 Å². The summed E-state index contributed by atoms with van der Waals surface area (Å²) in [4.78, 5) is 53.8. The Hall–Kier alpha value is -4.36. The predicted octanol–water partition coefficient (Wildman–Crippen LogP) is 3.36. The molecule has 0 aliphatic carbocycles. The van der Waals surface area contributed by atoms with Crippen LogP contribution in [0.2, 0.25) is 0 Å². The quantitative estimate of drug-likeness (QED) is 0.178. The Kier molecular flexibility index (Phi) is 14.7. The number of hydrogen-bond donors (Lipinski definition) is 5. The number of anilines is 1. The molecule has 0 spiro atoms. The molecule has 1 aliphatic heterocycles. The van der Waals surface area contributed by atoms with Crippen LogP contribution < -0.4 is 26.3 Å². The number of carbonyl (C=O) groups is 4. The van der Waals surface area contributed by atoms with Crippen LogP contribution in [0.3, 0.4) is 0 Å². The fraction of sp³-hybridized carbons (Fsp3) is 0.556. The maximum Gasteiger partial charge on any atom is 0.407 e. The maximum absolute atomic E-state index is 13.8. The van der Waals surface area contributed by atoms with Gasteiger partial charge in [0.2, 0.25) is 5.91 Å². The van der Waals surface area contributed by atoms with Crippen LogP contribution in [0.4, 0.5) is 15.3 Å². The number of methoxy groups -OCH3 is 2. The third kappa shape index (κ3) is 12.2. The van der Waals surface area contributed by atoms with E-state index in [1.54, 1.807) is 18.9 Å². The van der Waals surface area contributed by atoms with Gasteiger partial charge in [-0.1, -0.05) is 77.1 Å². The SMILES string of the molecule is COC(=O)N[C@H](C(=O)N[C@@H](Cc1ccccc1)[C@@H](O)CN(Cc1ccc(N2CCCC2)cc1)NC(=O)[C@@H](NC(=O)OC)C(C)(C)C)C(C)C. The van der Waals surface area contributed by atoms with Gasteiger partial charge in [-0.3, -0.25) is 15.0 Å². The van der Waals surface area contributed by atoms with Crippen molar-refractivity contribution in [2.75, 3.05) is 38.8 Å². The van der Waals surface area contributed by atoms with Gasteiger partial charge in [0.25, 0.3) is 5.91 Å². The van der Waals surface area contributed by atoms with E-state index in [1.165, 1.54) is 14.2 Å². The smallest absolute Gasteiger partial charge is 0.407 e. The highest BCUT2D eigenvalue weighted by Crippen LogP contribution is 2.22. The minimum atomic E-state index is -1.18. The van der Waals surface area contributed by atoms with Crippen LogP contribution in [-0.2, 0) is 32.0 Å². The molecule has 2 aromatic carbocycles. The highest BCUT2D eigenvalue weighted by molar-refractivity contribution is 5.86. The van der Waals surface area contributed by atoms with Crippen molar-refractivity contribution in [2.45, 2.75) is 84.7 Å². The van der Waals surface area contributed by atoms with Gasteiger partial charge in [0.05, 0.1) is 26.4 Å². The zero-order chi connectivity index (χ0) is 36.1. The lowest BCUT2D eigenvalue weighted by Crippen LogP contribution is -2.60. The van der Waals surface area contributed by atoms with Crippen molar-refractivity contribution in [2.24, 2.45) is 11.3 Å². The number of carbonyl (C=O) groups excluding carboxylic acids is 4. The number of ether oxygens (including phenoxy) is 2. The Morgan fingerprint density at radius 3 is 1.98 bits per heavy atom. The average molecular weight is 683 g/mol. The molecule has 1 heterocycles. The van der Waals surface area contributed by atoms with Gasteiger partial charge in [0, 0.05) is 31.9 Å². The lowest BCUT2D eigenvalue weighted by atomic mass is 9.86. The lowest BCUT2D eigenvalue weighted by molar-refractivity contribution is -0.132. The summed E-state index contributed by atoms with van der Waals surface area (Å²) in [5, 5.41) is 21.5. The topological polar surface area (TPSA) is 162 Å². The Labute approximate surface area is 290 Å². The Morgan fingerprint density at radius 1 is 0.837 bits per heavy atom. The average Bonchev–Trinajstić information content (AvgIpc) is 3.60. The predicted molar refractivity (Wildman–Crippen MR) is 187 cm³/mol. The van der Waals surface area contributed by atoms with E-state index in [2.05, 4.69) is 26.3 Å². The molecule has 0 bridgehead atoms. The molecule has 2 aromatic rings. The van der Waals surface area contributed by atoms with Gasteiger partial charge in [-0.2, -0.15) is 0 Å². The van der Waals surface area contributed by atoms with Gasteiger partial charge < -0.3 is 35.4 Å². The Bertz CT molecular complexity index is 1360. The van der Waals surface area contributed by atoms with Crippen molar-refractivity contribution < 1.29 is 33.8 Å². The first-order chi connectivity index (χ1) is 23.2. The van der Waals surface area contributed by atoms with Crippen molar-refractivity contribution in [3.63, 3.8) is 0 Å². The van der Waals surface area contributed by atoms with Crippen LogP contribution in [-0.4, -0.2) is 92.2 Å². The van der Waals surface area contributed by atoms with Crippen LogP contribution in [0, 0.1) is 11.3 Å². The molecule has 5 N–H and O–H groups in total. The fourth-order valence-electron chi connectivity index (χ4n) is 5.73. The second-order valence-electron chi connectivity index (χ2n) is 13.9. The number of hydrogen-bond acceptors (Lipinski definition) is 9. The van der Waals surface area contributed by atoms with E-state index in [9.17, 15) is 24.3 Å². The maximum atomic E-state index is 13.8. The monoisotopic (exact) mass is 682 g/mol. The summed E-state index contributed by atoms with van der Waals surface area (Å²) in [6.45, 7) is 11.2. The molecule has 0 radical (unpaired) electrons. The molecular formula is C36H54N6O7. The number of hydrazine groups is 1. The highest BCUT2D eigenvalue weighted by Gasteiger charge is 2.35. The highest BCUT2D eigenvalue weighted by atomic mass is 16.5. The number of nitrogens with one attached hydrogen (secondary N) is 4. The molecule has 3 rings (SSSR count). The third-order valence-electron chi connectivity index (χ3n) is 8.53. The van der Waals surface area contributed by atoms with E-state index < -0.39 is 53.6 Å². The number of amides is 4. The second-order valence-corrected chi connectivity index (χ2v) is 13.9. The molecule has 13 heteroatoms. The summed E-state index contributed by atoms with van der Waals surface area (Å²) in [7, 11) is 2.45. The zero-order valence-electron chi connectivity index (χ0n) is 29.8. The molecule has 270 valence electrons. The van der Waals surface area contributed by atoms with Gasteiger partial charge in [0.15, 0.2) is 0 Å². The number of benzene rings is 2. The summed E-state index contributed by atoms with van der Waals surface area (Å²) in [5.74, 6) is -1.25. The Morgan fingerprint density at radius 2 is 1.43 bits per heavy atom. The van der Waals surface area contributed by atoms with Gasteiger partial charge in [-0.25, -0.2) is 14.6 Å². The molecular weight excluding hydrogens is 628 g/mol. The first-order valence-corrected chi connectivity index (χ1v) is 16.8. The molecule has 1 fully saturated rings. The molecule has 0 unspecified atom stereocenters. The van der Waals surface area contributed by atoms with E-state index in [0.29, 0.717) is 0 Å². The second kappa shape index (κ2) is 18.4. The van der Waals surface area contributed by atoms with Crippen LogP contribution in [0.15, 0.2) is 54.6 Å². The summed E-state index contributed by atoms with van der Waals surface area (Å²) in [6.07, 6.45) is -0.0764. The van der Waals surface area contributed by atoms with E-state index >= 15 is 0 Å². The summed E-state index contributed by atoms with van der Waals surface area (Å²) < 4.78 is 9.50. The minimum absolute atomic E-state index is 0.0801. The molecule has 4 atom stereocenters. The van der Waals surface area contributed by atoms with Gasteiger partial charge in [-0.05, 0) is 53.9 Å². The van der Waals surface area contributed by atoms with Crippen molar-refractivity contribution in [3.05, 3.63) is 65.7 Å². The molecule has 4 amide bonds. The summed E-state index contributed by atoms with van der Waals surface area (Å²) in [5.41, 5.74) is 5.12. The van der Waals surface area contributed by atoms with Crippen LogP contribution >= 0.6 is 0 Å². The molecule has 0 aromatic heterocycles. The van der Waals surface area contributed by atoms with E-state index in [0.717, 1.165) is 42.7 Å². The van der Waals surface area contributed by atoms with Crippen LogP contribution in [0.25, 0.3) is 0 Å². The molecule has 0 saturated carbocycles. The molecule has 13 nitrogen and oxygen atoms in total. The van der Waals surface area contributed by atoms with Crippen molar-refractivity contribution in [1.82, 2.24) is 26.4 Å². The fourth-order valence-corrected chi connectivity index (χ4v) is 5.73. The standard InChI is InChI=1S/C36H54N6O7/c1-24(2)30(38-34(46)48-6)32(44)37-28(21-25-13-9-8-10-14-25)29(43)23-42(40-33(45)31(36(3,4)5)39-35(47)49-7)22-26-15-17-27(18-16-26)41-19-11-12-20-41/h8-10,13-18,24,28-31,43H,11-12,19-23H2,1-7H3,(H,37,44)(H,38,46)(H,39,47)(H,40,45)/t28-,29-,30-,31+/m0/s1. The van der Waals surface area contributed by atoms with E-state index in [1.807, 2.05) is 75.4 Å². The molecule has 1 aliphatic rings. The Balaban J connectivity index is 1.91. The van der Waals surface area contributed by atoms with E-state index in [-0.39, 0.29) is 25.4 Å². The van der Waals surface area contributed by atoms with Gasteiger partial charge in [-0.15, -0.1) is 0 Å². The first-order valence-electron chi connectivity index (χ1n) is 16.8. The first kappa shape index (κ1) is 39.1. The number of aliphatic hydroxyl groups is 1. The number of rotatable bonds is 15. The number of nitrogens with zero attached hydrogens (tertiary/aromatic N) is 2. The number of aliphatic hydroxyl groups excluding tert-OH is 1. The minimum Gasteiger partial charge on any atom is -0.453 e. The zero-order valence-corrected chi connectivity index (χ0v) is 29.8. The van der Waals surface area contributed by atoms with Crippen molar-refractivity contribution >= 4 is 29.7 Å². The summed E-state index contributed by atoms with van der Waals surface area (Å²) in [6, 6.07) is 14.8. The molecule has 1 saturated heterocycles. The molecule has 49 heavy (non-hydrogen) atoms. The largest absolute Gasteiger partial charge is 0.453 e. The lowest BCUT2D eigenvalue weighted by Gasteiger charge is -2.35. The van der Waals surface area contributed by atoms with Crippen molar-refractivity contribution in [1.29, 1.82) is 0 Å². The van der Waals surface area contributed by atoms with E-state index in [4.69, 9.17) is 9.47 Å². The van der Waals surface area contributed by atoms with Crippen molar-refractivity contribution in [3.8, 4) is 0 Å². The van der Waals surface area contributed by atoms with Crippen LogP contribution in [0.5, 0.6) is 0 Å². The third-order valence-corrected chi connectivity index (χ3v) is 8.53.